The summed E-state index contributed by atoms with van der Waals surface area (Å²) in [6, 6.07) is 0. The van der Waals surface area contributed by atoms with Crippen molar-refractivity contribution in [2.24, 2.45) is 0 Å². The van der Waals surface area contributed by atoms with Crippen molar-refractivity contribution in [2.45, 2.75) is 27.2 Å². The highest BCUT2D eigenvalue weighted by Crippen LogP contribution is 2.34. The first kappa shape index (κ1) is 20.3. The van der Waals surface area contributed by atoms with Gasteiger partial charge in [-0.1, -0.05) is 6.92 Å². The van der Waals surface area contributed by atoms with E-state index >= 15 is 0 Å². The molecule has 0 saturated heterocycles. The van der Waals surface area contributed by atoms with E-state index in [1.165, 1.54) is 23.7 Å². The molecule has 0 saturated carbocycles. The van der Waals surface area contributed by atoms with Crippen LogP contribution in [0.15, 0.2) is 12.4 Å². The van der Waals surface area contributed by atoms with Crippen molar-refractivity contribution in [3.8, 4) is 0 Å². The van der Waals surface area contributed by atoms with Crippen LogP contribution in [-0.4, -0.2) is 41.0 Å². The quantitative estimate of drug-likeness (QED) is 0.683. The van der Waals surface area contributed by atoms with E-state index in [4.69, 9.17) is 15.2 Å². The van der Waals surface area contributed by atoms with Gasteiger partial charge in [-0.15, -0.1) is 11.3 Å². The van der Waals surface area contributed by atoms with Crippen LogP contribution in [0.3, 0.4) is 0 Å². The molecular weight excluding hydrogens is 372 g/mol. The van der Waals surface area contributed by atoms with Gasteiger partial charge in [-0.25, -0.2) is 19.6 Å². The number of ether oxygens (including phenoxy) is 2. The molecular formula is C17H20N4O5S. The molecule has 3 N–H and O–H groups in total. The number of nitrogens with one attached hydrogen (secondary N) is 1. The lowest BCUT2D eigenvalue weighted by atomic mass is 10.1. The van der Waals surface area contributed by atoms with Crippen LogP contribution in [0.1, 0.15) is 45.1 Å². The molecule has 0 bridgehead atoms. The minimum atomic E-state index is -0.863. The maximum atomic E-state index is 12.2. The number of carbonyl (C=O) groups is 3. The van der Waals surface area contributed by atoms with Gasteiger partial charge in [-0.3, -0.25) is 4.79 Å². The first-order chi connectivity index (χ1) is 12.9. The summed E-state index contributed by atoms with van der Waals surface area (Å²) in [5.41, 5.74) is 6.45. The zero-order chi connectivity index (χ0) is 20.0. The topological polar surface area (TPSA) is 134 Å². The molecule has 1 amide bonds. The van der Waals surface area contributed by atoms with Crippen LogP contribution >= 0.6 is 11.3 Å². The number of hydrogen-bond acceptors (Lipinski definition) is 9. The Hall–Kier alpha value is -3.01. The smallest absolute Gasteiger partial charge is 0.361 e. The second-order valence-electron chi connectivity index (χ2n) is 5.34. The van der Waals surface area contributed by atoms with E-state index in [1.54, 1.807) is 13.8 Å². The summed E-state index contributed by atoms with van der Waals surface area (Å²) in [6.45, 7) is 5.12. The van der Waals surface area contributed by atoms with Crippen molar-refractivity contribution < 1.29 is 23.9 Å². The number of carbonyl (C=O) groups excluding carboxylic acids is 3. The van der Waals surface area contributed by atoms with Crippen LogP contribution in [0.25, 0.3) is 0 Å². The maximum absolute atomic E-state index is 12.2. The fraction of sp³-hybridized carbons (Fsp3) is 0.353. The van der Waals surface area contributed by atoms with Gasteiger partial charge in [0.25, 0.3) is 5.91 Å². The van der Waals surface area contributed by atoms with E-state index in [9.17, 15) is 14.4 Å². The zero-order valence-corrected chi connectivity index (χ0v) is 16.0. The number of nitrogens with zero attached hydrogens (tertiary/aromatic N) is 2. The molecule has 0 atom stereocenters. The highest BCUT2D eigenvalue weighted by Gasteiger charge is 2.23. The van der Waals surface area contributed by atoms with E-state index in [0.29, 0.717) is 17.0 Å². The van der Waals surface area contributed by atoms with E-state index in [2.05, 4.69) is 15.3 Å². The lowest BCUT2D eigenvalue weighted by molar-refractivity contribution is -0.119. The molecule has 0 fully saturated rings. The van der Waals surface area contributed by atoms with Gasteiger partial charge in [-0.2, -0.15) is 0 Å². The molecule has 2 aromatic rings. The van der Waals surface area contributed by atoms with Crippen LogP contribution in [-0.2, 0) is 20.7 Å². The fourth-order valence-corrected chi connectivity index (χ4v) is 3.45. The molecule has 0 aliphatic carbocycles. The Morgan fingerprint density at radius 2 is 1.85 bits per heavy atom. The molecule has 0 aliphatic heterocycles. The molecule has 9 nitrogen and oxygen atoms in total. The molecule has 10 heteroatoms. The summed E-state index contributed by atoms with van der Waals surface area (Å²) in [7, 11) is 0. The summed E-state index contributed by atoms with van der Waals surface area (Å²) in [5, 5.41) is 2.96. The number of thiophene rings is 1. The SMILES string of the molecule is CCOC(=O)c1c(NC(=O)COC(=O)c2nccnc2N)sc(CC)c1C. The Balaban J connectivity index is 2.08. The standard InChI is InChI=1S/C17H20N4O5S/c1-4-10-9(3)12(16(23)25-5-2)15(27-10)21-11(22)8-26-17(24)13-14(18)20-7-6-19-13/h6-7H,4-5,8H2,1-3H3,(H2,18,20)(H,21,22). The highest BCUT2D eigenvalue weighted by atomic mass is 32.1. The van der Waals surface area contributed by atoms with E-state index in [0.717, 1.165) is 10.4 Å². The van der Waals surface area contributed by atoms with Gasteiger partial charge >= 0.3 is 11.9 Å². The molecule has 0 aromatic carbocycles. The molecule has 2 aromatic heterocycles. The predicted octanol–water partition coefficient (Wildman–Crippen LogP) is 1.96. The van der Waals surface area contributed by atoms with Gasteiger partial charge < -0.3 is 20.5 Å². The largest absolute Gasteiger partial charge is 0.462 e. The summed E-state index contributed by atoms with van der Waals surface area (Å²) in [5.74, 6) is -2.06. The molecule has 27 heavy (non-hydrogen) atoms. The van der Waals surface area contributed by atoms with Crippen LogP contribution in [0.4, 0.5) is 10.8 Å². The number of nitrogens with two attached hydrogens (primary N) is 1. The average molecular weight is 392 g/mol. The van der Waals surface area contributed by atoms with Crippen molar-refractivity contribution in [1.82, 2.24) is 9.97 Å². The van der Waals surface area contributed by atoms with Crippen molar-refractivity contribution in [3.05, 3.63) is 34.1 Å². The van der Waals surface area contributed by atoms with Gasteiger partial charge in [0.05, 0.1) is 12.2 Å². The van der Waals surface area contributed by atoms with Crippen LogP contribution in [0, 0.1) is 6.92 Å². The molecule has 144 valence electrons. The predicted molar refractivity (Wildman–Crippen MR) is 99.7 cm³/mol. The van der Waals surface area contributed by atoms with Crippen molar-refractivity contribution in [2.75, 3.05) is 24.3 Å². The third-order valence-corrected chi connectivity index (χ3v) is 4.91. The lowest BCUT2D eigenvalue weighted by Gasteiger charge is -2.08. The molecule has 0 radical (unpaired) electrons. The number of aromatic nitrogens is 2. The monoisotopic (exact) mass is 392 g/mol. The number of nitrogen functional groups attached to an aromatic ring is 1. The van der Waals surface area contributed by atoms with E-state index in [1.807, 2.05) is 6.92 Å². The first-order valence-electron chi connectivity index (χ1n) is 8.21. The number of esters is 2. The molecule has 2 rings (SSSR count). The van der Waals surface area contributed by atoms with Crippen molar-refractivity contribution >= 4 is 40.0 Å². The third-order valence-electron chi connectivity index (χ3n) is 3.55. The van der Waals surface area contributed by atoms with Gasteiger partial charge in [0.2, 0.25) is 0 Å². The third kappa shape index (κ3) is 4.79. The normalized spacial score (nSPS) is 10.3. The van der Waals surface area contributed by atoms with Crippen LogP contribution in [0.2, 0.25) is 0 Å². The average Bonchev–Trinajstić information content (AvgIpc) is 2.95. The molecule has 0 aliphatic rings. The minimum Gasteiger partial charge on any atom is -0.462 e. The second kappa shape index (κ2) is 9.08. The summed E-state index contributed by atoms with van der Waals surface area (Å²) in [6.07, 6.45) is 3.33. The summed E-state index contributed by atoms with van der Waals surface area (Å²) < 4.78 is 9.97. The van der Waals surface area contributed by atoms with Crippen LogP contribution in [0.5, 0.6) is 0 Å². The summed E-state index contributed by atoms with van der Waals surface area (Å²) in [4.78, 5) is 44.8. The Kier molecular flexibility index (Phi) is 6.83. The number of aryl methyl sites for hydroxylation is 1. The Labute approximate surface area is 159 Å². The molecule has 0 unspecified atom stereocenters. The summed E-state index contributed by atoms with van der Waals surface area (Å²) >= 11 is 1.29. The van der Waals surface area contributed by atoms with Crippen molar-refractivity contribution in [1.29, 1.82) is 0 Å². The number of amides is 1. The fourth-order valence-electron chi connectivity index (χ4n) is 2.30. The van der Waals surface area contributed by atoms with Gasteiger partial charge in [-0.05, 0) is 25.8 Å². The van der Waals surface area contributed by atoms with E-state index < -0.39 is 24.5 Å². The van der Waals surface area contributed by atoms with Crippen LogP contribution < -0.4 is 11.1 Å². The van der Waals surface area contributed by atoms with Crippen molar-refractivity contribution in [3.63, 3.8) is 0 Å². The Morgan fingerprint density at radius 3 is 2.48 bits per heavy atom. The number of rotatable bonds is 7. The van der Waals surface area contributed by atoms with Gasteiger partial charge in [0.1, 0.15) is 5.00 Å². The zero-order valence-electron chi connectivity index (χ0n) is 15.2. The maximum Gasteiger partial charge on any atom is 0.361 e. The number of hydrogen-bond donors (Lipinski definition) is 2. The Morgan fingerprint density at radius 1 is 1.15 bits per heavy atom. The number of anilines is 2. The molecule has 2 heterocycles. The Bertz CT molecular complexity index is 865. The minimum absolute atomic E-state index is 0.0889. The lowest BCUT2D eigenvalue weighted by Crippen LogP contribution is -2.22. The van der Waals surface area contributed by atoms with Gasteiger partial charge in [0.15, 0.2) is 18.1 Å². The second-order valence-corrected chi connectivity index (χ2v) is 6.45. The van der Waals surface area contributed by atoms with Gasteiger partial charge in [0, 0.05) is 17.3 Å². The first-order valence-corrected chi connectivity index (χ1v) is 9.03. The van der Waals surface area contributed by atoms with E-state index in [-0.39, 0.29) is 18.1 Å². The molecule has 0 spiro atoms. The highest BCUT2D eigenvalue weighted by molar-refractivity contribution is 7.17.